The Balaban J connectivity index is 1.37. The van der Waals surface area contributed by atoms with E-state index >= 15 is 0 Å². The van der Waals surface area contributed by atoms with Crippen LogP contribution in [0, 0.1) is 0 Å². The Hall–Kier alpha value is -2.85. The van der Waals surface area contributed by atoms with Crippen LogP contribution in [0.3, 0.4) is 0 Å². The van der Waals surface area contributed by atoms with Gasteiger partial charge in [-0.15, -0.1) is 0 Å². The van der Waals surface area contributed by atoms with Gasteiger partial charge in [-0.05, 0) is 43.9 Å². The largest absolute Gasteiger partial charge is 0.465 e. The molecule has 3 aromatic heterocycles. The number of rotatable bonds is 4. The average Bonchev–Trinajstić information content (AvgIpc) is 3.15. The van der Waals surface area contributed by atoms with E-state index in [2.05, 4.69) is 25.2 Å². The zero-order valence-electron chi connectivity index (χ0n) is 16.5. The SMILES string of the molecule is Nc1nccc(Sc2ccc3nc(N4CCCC45CC(NC(=O)O)C5)cnc3n2)c1Cl. The first-order valence-corrected chi connectivity index (χ1v) is 11.1. The molecule has 1 spiro atoms. The standard InChI is InChI=1S/C20H20ClN7O2S/c21-16-13(4-6-23-17(16)22)31-15-3-2-12-18(27-15)24-10-14(26-12)28-7-1-5-20(28)8-11(9-20)25-19(29)30/h2-4,6,10-11,25H,1,5,7-9H2,(H2,22,23)(H,29,30). The summed E-state index contributed by atoms with van der Waals surface area (Å²) in [7, 11) is 0. The molecule has 1 saturated carbocycles. The Morgan fingerprint density at radius 2 is 2.13 bits per heavy atom. The zero-order chi connectivity index (χ0) is 21.6. The van der Waals surface area contributed by atoms with Crippen molar-refractivity contribution in [2.24, 2.45) is 0 Å². The highest BCUT2D eigenvalue weighted by molar-refractivity contribution is 7.99. The van der Waals surface area contributed by atoms with Gasteiger partial charge in [0, 0.05) is 29.2 Å². The van der Waals surface area contributed by atoms with Crippen LogP contribution in [0.4, 0.5) is 16.4 Å². The normalized spacial score (nSPS) is 22.6. The molecule has 11 heteroatoms. The summed E-state index contributed by atoms with van der Waals surface area (Å²) in [4.78, 5) is 31.9. The number of hydrogen-bond donors (Lipinski definition) is 3. The number of aromatic nitrogens is 4. The molecule has 1 aliphatic carbocycles. The molecule has 9 nitrogen and oxygen atoms in total. The third kappa shape index (κ3) is 3.70. The molecule has 3 aromatic rings. The number of fused-ring (bicyclic) bond motifs is 1. The molecule has 31 heavy (non-hydrogen) atoms. The lowest BCUT2D eigenvalue weighted by Gasteiger charge is -2.51. The fraction of sp³-hybridized carbons (Fsp3) is 0.350. The number of carboxylic acid groups (broad SMARTS) is 1. The van der Waals surface area contributed by atoms with Gasteiger partial charge in [-0.3, -0.25) is 0 Å². The third-order valence-corrected chi connectivity index (χ3v) is 7.42. The van der Waals surface area contributed by atoms with Gasteiger partial charge in [0.2, 0.25) is 0 Å². The van der Waals surface area contributed by atoms with Gasteiger partial charge in [-0.25, -0.2) is 24.7 Å². The van der Waals surface area contributed by atoms with Crippen LogP contribution in [0.5, 0.6) is 0 Å². The smallest absolute Gasteiger partial charge is 0.404 e. The predicted molar refractivity (Wildman–Crippen MR) is 119 cm³/mol. The van der Waals surface area contributed by atoms with Crippen molar-refractivity contribution in [2.45, 2.75) is 47.2 Å². The molecule has 1 amide bonds. The molecule has 1 saturated heterocycles. The minimum Gasteiger partial charge on any atom is -0.465 e. The van der Waals surface area contributed by atoms with E-state index in [9.17, 15) is 4.79 Å². The van der Waals surface area contributed by atoms with Crippen LogP contribution in [-0.4, -0.2) is 49.3 Å². The van der Waals surface area contributed by atoms with Crippen molar-refractivity contribution in [1.82, 2.24) is 25.3 Å². The molecule has 160 valence electrons. The monoisotopic (exact) mass is 457 g/mol. The first-order valence-electron chi connectivity index (χ1n) is 9.92. The maximum atomic E-state index is 10.9. The van der Waals surface area contributed by atoms with Crippen molar-refractivity contribution in [2.75, 3.05) is 17.2 Å². The lowest BCUT2D eigenvalue weighted by atomic mass is 9.71. The number of nitrogens with one attached hydrogen (secondary N) is 1. The first kappa shape index (κ1) is 20.1. The summed E-state index contributed by atoms with van der Waals surface area (Å²) < 4.78 is 0. The maximum absolute atomic E-state index is 10.9. The van der Waals surface area contributed by atoms with Gasteiger partial charge >= 0.3 is 6.09 Å². The molecule has 2 aliphatic rings. The van der Waals surface area contributed by atoms with Crippen LogP contribution in [0.25, 0.3) is 11.2 Å². The van der Waals surface area contributed by atoms with Gasteiger partial charge in [-0.1, -0.05) is 23.4 Å². The minimum absolute atomic E-state index is 0.00168. The third-order valence-electron chi connectivity index (χ3n) is 5.91. The Bertz CT molecular complexity index is 1170. The van der Waals surface area contributed by atoms with E-state index in [0.717, 1.165) is 48.0 Å². The average molecular weight is 458 g/mol. The van der Waals surface area contributed by atoms with Crippen LogP contribution in [-0.2, 0) is 0 Å². The van der Waals surface area contributed by atoms with Gasteiger partial charge in [-0.2, -0.15) is 0 Å². The Morgan fingerprint density at radius 3 is 2.94 bits per heavy atom. The van der Waals surface area contributed by atoms with Gasteiger partial charge in [0.05, 0.1) is 11.2 Å². The summed E-state index contributed by atoms with van der Waals surface area (Å²) in [6.45, 7) is 0.892. The Kier molecular flexibility index (Phi) is 4.98. The Morgan fingerprint density at radius 1 is 1.29 bits per heavy atom. The molecule has 0 aromatic carbocycles. The van der Waals surface area contributed by atoms with Crippen molar-refractivity contribution in [3.8, 4) is 0 Å². The fourth-order valence-corrected chi connectivity index (χ4v) is 5.60. The van der Waals surface area contributed by atoms with E-state index in [1.165, 1.54) is 11.8 Å². The van der Waals surface area contributed by atoms with Crippen molar-refractivity contribution < 1.29 is 9.90 Å². The van der Waals surface area contributed by atoms with E-state index in [1.54, 1.807) is 18.5 Å². The second-order valence-electron chi connectivity index (χ2n) is 7.86. The summed E-state index contributed by atoms with van der Waals surface area (Å²) in [5.41, 5.74) is 7.01. The second-order valence-corrected chi connectivity index (χ2v) is 9.31. The molecule has 4 N–H and O–H groups in total. The Labute approximate surface area is 187 Å². The van der Waals surface area contributed by atoms with Crippen LogP contribution in [0.2, 0.25) is 5.02 Å². The number of pyridine rings is 2. The fourth-order valence-electron chi connectivity index (χ4n) is 4.55. The summed E-state index contributed by atoms with van der Waals surface area (Å²) >= 11 is 7.63. The van der Waals surface area contributed by atoms with E-state index < -0.39 is 6.09 Å². The lowest BCUT2D eigenvalue weighted by Crippen LogP contribution is -2.61. The molecular formula is C20H20ClN7O2S. The number of amides is 1. The summed E-state index contributed by atoms with van der Waals surface area (Å²) in [6.07, 6.45) is 6.08. The zero-order valence-corrected chi connectivity index (χ0v) is 18.0. The van der Waals surface area contributed by atoms with Crippen molar-refractivity contribution in [3.05, 3.63) is 35.6 Å². The van der Waals surface area contributed by atoms with Gasteiger partial charge in [0.25, 0.3) is 0 Å². The molecule has 2 fully saturated rings. The summed E-state index contributed by atoms with van der Waals surface area (Å²) in [5.74, 6) is 1.10. The summed E-state index contributed by atoms with van der Waals surface area (Å²) in [5, 5.41) is 12.7. The van der Waals surface area contributed by atoms with Crippen molar-refractivity contribution in [3.63, 3.8) is 0 Å². The molecule has 4 heterocycles. The van der Waals surface area contributed by atoms with E-state index in [-0.39, 0.29) is 17.4 Å². The van der Waals surface area contributed by atoms with Crippen LogP contribution in [0.1, 0.15) is 25.7 Å². The second kappa shape index (κ2) is 7.69. The highest BCUT2D eigenvalue weighted by Crippen LogP contribution is 2.47. The maximum Gasteiger partial charge on any atom is 0.404 e. The van der Waals surface area contributed by atoms with Gasteiger partial charge in [0.1, 0.15) is 22.2 Å². The highest BCUT2D eigenvalue weighted by Gasteiger charge is 2.52. The van der Waals surface area contributed by atoms with Crippen LogP contribution in [0.15, 0.2) is 40.5 Å². The quantitative estimate of drug-likeness (QED) is 0.537. The highest BCUT2D eigenvalue weighted by atomic mass is 35.5. The molecule has 0 bridgehead atoms. The summed E-state index contributed by atoms with van der Waals surface area (Å²) in [6, 6.07) is 5.58. The van der Waals surface area contributed by atoms with E-state index in [1.807, 2.05) is 12.1 Å². The topological polar surface area (TPSA) is 130 Å². The predicted octanol–water partition coefficient (Wildman–Crippen LogP) is 3.58. The number of nitrogen functional groups attached to an aromatic ring is 1. The lowest BCUT2D eigenvalue weighted by molar-refractivity contribution is 0.150. The van der Waals surface area contributed by atoms with Crippen molar-refractivity contribution >= 4 is 52.3 Å². The van der Waals surface area contributed by atoms with E-state index in [4.69, 9.17) is 27.4 Å². The molecular weight excluding hydrogens is 438 g/mol. The number of carbonyl (C=O) groups is 1. The molecule has 0 atom stereocenters. The number of nitrogens with zero attached hydrogens (tertiary/aromatic N) is 5. The van der Waals surface area contributed by atoms with Crippen LogP contribution >= 0.6 is 23.4 Å². The number of hydrogen-bond acceptors (Lipinski definition) is 8. The number of halogens is 1. The molecule has 0 unspecified atom stereocenters. The van der Waals surface area contributed by atoms with Gasteiger partial charge < -0.3 is 21.1 Å². The molecule has 1 aliphatic heterocycles. The molecule has 5 rings (SSSR count). The number of anilines is 2. The van der Waals surface area contributed by atoms with E-state index in [0.29, 0.717) is 16.2 Å². The van der Waals surface area contributed by atoms with Crippen LogP contribution < -0.4 is 16.0 Å². The van der Waals surface area contributed by atoms with Crippen molar-refractivity contribution in [1.29, 1.82) is 0 Å². The number of nitrogens with two attached hydrogens (primary N) is 1. The van der Waals surface area contributed by atoms with Gasteiger partial charge in [0.15, 0.2) is 5.65 Å². The first-order chi connectivity index (χ1) is 14.9. The minimum atomic E-state index is -0.967. The molecule has 0 radical (unpaired) electrons.